The molecular weight excluding hydrogens is 1040 g/mol. The van der Waals surface area contributed by atoms with Crippen LogP contribution >= 0.6 is 0 Å². The fourth-order valence-electron chi connectivity index (χ4n) is 12.8. The molecule has 0 atom stereocenters. The molecule has 0 unspecified atom stereocenters. The molecule has 0 saturated heterocycles. The first-order chi connectivity index (χ1) is 42.2. The molecular formula is C82H98N4. The van der Waals surface area contributed by atoms with Gasteiger partial charge in [0.25, 0.3) is 0 Å². The number of hydrogen-bond acceptors (Lipinski definition) is 4. The summed E-state index contributed by atoms with van der Waals surface area (Å²) in [5.41, 5.74) is 23.9. The van der Waals surface area contributed by atoms with Crippen molar-refractivity contribution in [2.45, 2.75) is 221 Å². The van der Waals surface area contributed by atoms with Crippen molar-refractivity contribution < 1.29 is 0 Å². The van der Waals surface area contributed by atoms with Gasteiger partial charge >= 0.3 is 0 Å². The zero-order chi connectivity index (χ0) is 60.3. The quantitative estimate of drug-likeness (QED) is 0.0371. The van der Waals surface area contributed by atoms with Crippen molar-refractivity contribution in [1.29, 1.82) is 10.5 Å². The Morgan fingerprint density at radius 1 is 0.302 bits per heavy atom. The predicted octanol–water partition coefficient (Wildman–Crippen LogP) is 24.1. The molecule has 0 aliphatic heterocycles. The summed E-state index contributed by atoms with van der Waals surface area (Å²) in [5.74, 6) is 0.711. The first kappa shape index (κ1) is 64.6. The second-order valence-corrected chi connectivity index (χ2v) is 24.7. The van der Waals surface area contributed by atoms with Crippen molar-refractivity contribution in [1.82, 2.24) is 9.97 Å². The third-order valence-corrected chi connectivity index (χ3v) is 17.8. The average Bonchev–Trinajstić information content (AvgIpc) is 2.29. The summed E-state index contributed by atoms with van der Waals surface area (Å²) in [6, 6.07) is 58.1. The molecule has 8 aromatic rings. The minimum absolute atomic E-state index is 0.476. The highest BCUT2D eigenvalue weighted by atomic mass is 14.9. The molecule has 446 valence electrons. The summed E-state index contributed by atoms with van der Waals surface area (Å²) in [4.78, 5) is 11.4. The lowest BCUT2D eigenvalue weighted by Gasteiger charge is -2.20. The molecule has 7 aromatic carbocycles. The van der Waals surface area contributed by atoms with Crippen molar-refractivity contribution in [3.05, 3.63) is 190 Å². The van der Waals surface area contributed by atoms with Gasteiger partial charge in [-0.3, -0.25) is 0 Å². The lowest BCUT2D eigenvalue weighted by molar-refractivity contribution is 0.605. The fourth-order valence-corrected chi connectivity index (χ4v) is 12.8. The predicted molar refractivity (Wildman–Crippen MR) is 367 cm³/mol. The van der Waals surface area contributed by atoms with Crippen LogP contribution in [0.1, 0.15) is 226 Å². The fraction of sp³-hybridized carbons (Fsp3) is 0.415. The molecule has 1 aromatic heterocycles. The number of hydrogen-bond donors (Lipinski definition) is 0. The monoisotopic (exact) mass is 1140 g/mol. The molecule has 0 saturated carbocycles. The molecule has 0 amide bonds. The van der Waals surface area contributed by atoms with Crippen LogP contribution in [0.5, 0.6) is 0 Å². The molecule has 86 heavy (non-hydrogen) atoms. The van der Waals surface area contributed by atoms with Crippen LogP contribution in [0.4, 0.5) is 0 Å². The van der Waals surface area contributed by atoms with Gasteiger partial charge in [-0.1, -0.05) is 265 Å². The van der Waals surface area contributed by atoms with Gasteiger partial charge in [0.05, 0.1) is 34.7 Å². The van der Waals surface area contributed by atoms with Gasteiger partial charge in [0.1, 0.15) is 0 Å². The summed E-state index contributed by atoms with van der Waals surface area (Å²) in [7, 11) is 0. The molecule has 1 heterocycles. The lowest BCUT2D eigenvalue weighted by atomic mass is 9.86. The topological polar surface area (TPSA) is 73.4 Å². The van der Waals surface area contributed by atoms with Crippen LogP contribution in [0.2, 0.25) is 0 Å². The second kappa shape index (κ2) is 34.7. The highest BCUT2D eigenvalue weighted by Crippen LogP contribution is 2.41. The van der Waals surface area contributed by atoms with E-state index in [4.69, 9.17) is 9.97 Å². The zero-order valence-electron chi connectivity index (χ0n) is 53.4. The highest BCUT2D eigenvalue weighted by Gasteiger charge is 2.21. The van der Waals surface area contributed by atoms with E-state index in [0.717, 1.165) is 73.0 Å². The van der Waals surface area contributed by atoms with Gasteiger partial charge in [-0.25, -0.2) is 9.97 Å². The number of aromatic nitrogens is 2. The van der Waals surface area contributed by atoms with E-state index < -0.39 is 0 Å². The Bertz CT molecular complexity index is 3460. The van der Waals surface area contributed by atoms with E-state index >= 15 is 0 Å². The minimum Gasteiger partial charge on any atom is -0.228 e. The largest absolute Gasteiger partial charge is 0.228 e. The normalized spacial score (nSPS) is 11.3. The Morgan fingerprint density at radius 2 is 0.698 bits per heavy atom. The van der Waals surface area contributed by atoms with Gasteiger partial charge in [-0.15, -0.1) is 0 Å². The Kier molecular flexibility index (Phi) is 26.0. The molecule has 0 spiro atoms. The number of rotatable bonds is 35. The molecule has 0 radical (unpaired) electrons. The summed E-state index contributed by atoms with van der Waals surface area (Å²) in [6.45, 7) is 13.7. The maximum Gasteiger partial charge on any atom is 0.160 e. The van der Waals surface area contributed by atoms with Gasteiger partial charge in [0.15, 0.2) is 5.82 Å². The van der Waals surface area contributed by atoms with Gasteiger partial charge in [0, 0.05) is 16.7 Å². The van der Waals surface area contributed by atoms with E-state index in [1.807, 2.05) is 12.1 Å². The van der Waals surface area contributed by atoms with Crippen LogP contribution in [0.25, 0.3) is 78.4 Å². The van der Waals surface area contributed by atoms with E-state index in [1.165, 1.54) is 213 Å². The molecule has 0 N–H and O–H groups in total. The standard InChI is InChI=1S/C82H98N4/c1-7-11-15-19-23-27-36-67-55-78(69(50-62(67)6)37-28-24-20-16-12-8-2)80-58-81(86-82(85-80)66-47-45-65(46-48-66)74-52-63(59-83)51-64(53-74)60-84)79-57-72(38-29-25-21-17-13-9-3)77(56-73(79)39-30-26-22-18-14-10-4)71-42-34-41-70(54-71)76-44-32-31-43-75(76)68-40-33-35-61(5)49-68/h31-35,40-58H,7-30,36-39H2,1-6H3. The maximum atomic E-state index is 9.90. The van der Waals surface area contributed by atoms with Crippen LogP contribution < -0.4 is 0 Å². The highest BCUT2D eigenvalue weighted by molar-refractivity contribution is 5.87. The number of benzene rings is 7. The Balaban J connectivity index is 1.32. The van der Waals surface area contributed by atoms with Crippen molar-refractivity contribution in [3.63, 3.8) is 0 Å². The van der Waals surface area contributed by atoms with Gasteiger partial charge < -0.3 is 0 Å². The van der Waals surface area contributed by atoms with Crippen molar-refractivity contribution in [3.8, 4) is 90.5 Å². The van der Waals surface area contributed by atoms with Crippen LogP contribution in [-0.2, 0) is 25.7 Å². The first-order valence-electron chi connectivity index (χ1n) is 33.7. The molecule has 0 fully saturated rings. The first-order valence-corrected chi connectivity index (χ1v) is 33.7. The van der Waals surface area contributed by atoms with E-state index in [-0.39, 0.29) is 0 Å². The van der Waals surface area contributed by atoms with Crippen LogP contribution in [0, 0.1) is 36.5 Å². The van der Waals surface area contributed by atoms with Crippen LogP contribution in [0.15, 0.2) is 146 Å². The number of aryl methyl sites for hydroxylation is 6. The summed E-state index contributed by atoms with van der Waals surface area (Å²) in [5, 5.41) is 19.8. The molecule has 8 rings (SSSR count). The zero-order valence-corrected chi connectivity index (χ0v) is 53.4. The smallest absolute Gasteiger partial charge is 0.160 e. The SMILES string of the molecule is CCCCCCCCc1cc(-c2cc(-c3cc(CCCCCCCC)c(-c4cccc(-c5ccccc5-c5cccc(C)c5)c4)cc3CCCCCCCC)nc(-c3ccc(-c4cc(C#N)cc(C#N)c4)cc3)n2)c(CCCCCCCC)cc1C. The molecule has 0 bridgehead atoms. The summed E-state index contributed by atoms with van der Waals surface area (Å²) >= 11 is 0. The Morgan fingerprint density at radius 3 is 1.19 bits per heavy atom. The van der Waals surface area contributed by atoms with Crippen molar-refractivity contribution in [2.75, 3.05) is 0 Å². The molecule has 4 nitrogen and oxygen atoms in total. The van der Waals surface area contributed by atoms with Crippen LogP contribution in [0.3, 0.4) is 0 Å². The van der Waals surface area contributed by atoms with Crippen molar-refractivity contribution >= 4 is 0 Å². The Hall–Kier alpha value is -7.40. The van der Waals surface area contributed by atoms with Crippen LogP contribution in [-0.4, -0.2) is 9.97 Å². The Labute approximate surface area is 519 Å². The minimum atomic E-state index is 0.476. The van der Waals surface area contributed by atoms with Gasteiger partial charge in [-0.2, -0.15) is 10.5 Å². The van der Waals surface area contributed by atoms with Gasteiger partial charge in [0.2, 0.25) is 0 Å². The second-order valence-electron chi connectivity index (χ2n) is 24.7. The third kappa shape index (κ3) is 18.6. The average molecular weight is 1140 g/mol. The van der Waals surface area contributed by atoms with Gasteiger partial charge in [-0.05, 0) is 180 Å². The molecule has 0 aliphatic carbocycles. The summed E-state index contributed by atoms with van der Waals surface area (Å²) in [6.07, 6.45) is 34.0. The molecule has 0 aliphatic rings. The maximum absolute atomic E-state index is 9.90. The van der Waals surface area contributed by atoms with E-state index in [2.05, 4.69) is 181 Å². The molecule has 4 heteroatoms. The summed E-state index contributed by atoms with van der Waals surface area (Å²) < 4.78 is 0. The van der Waals surface area contributed by atoms with E-state index in [9.17, 15) is 10.5 Å². The number of nitrogens with zero attached hydrogens (tertiary/aromatic N) is 4. The third-order valence-electron chi connectivity index (χ3n) is 17.8. The number of nitriles is 2. The lowest BCUT2D eigenvalue weighted by Crippen LogP contribution is -2.04. The number of unbranched alkanes of at least 4 members (excludes halogenated alkanes) is 20. The van der Waals surface area contributed by atoms with Crippen molar-refractivity contribution in [2.24, 2.45) is 0 Å². The van der Waals surface area contributed by atoms with E-state index in [0.29, 0.717) is 17.0 Å². The van der Waals surface area contributed by atoms with E-state index in [1.54, 1.807) is 6.07 Å².